The molecule has 1 aliphatic carbocycles. The summed E-state index contributed by atoms with van der Waals surface area (Å²) in [4.78, 5) is 8.56. The summed E-state index contributed by atoms with van der Waals surface area (Å²) in [6, 6.07) is 10.7. The van der Waals surface area contributed by atoms with E-state index in [9.17, 15) is 0 Å². The van der Waals surface area contributed by atoms with E-state index in [0.29, 0.717) is 6.04 Å². The van der Waals surface area contributed by atoms with Crippen molar-refractivity contribution in [2.75, 3.05) is 5.32 Å². The van der Waals surface area contributed by atoms with Crippen LogP contribution in [0.3, 0.4) is 0 Å². The lowest BCUT2D eigenvalue weighted by atomic mass is 10.0. The molecular weight excluding hydrogens is 412 g/mol. The molecule has 164 valence electrons. The predicted octanol–water partition coefficient (Wildman–Crippen LogP) is 7.37. The largest absolute Gasteiger partial charge is 0.365 e. The molecule has 1 aliphatic rings. The van der Waals surface area contributed by atoms with Crippen molar-refractivity contribution >= 4 is 39.0 Å². The second kappa shape index (κ2) is 14.9. The van der Waals surface area contributed by atoms with Crippen LogP contribution in [0, 0.1) is 6.92 Å². The second-order valence-corrected chi connectivity index (χ2v) is 7.54. The molecule has 2 heterocycles. The molecule has 0 aliphatic heterocycles. The second-order valence-electron chi connectivity index (χ2n) is 6.32. The fourth-order valence-corrected chi connectivity index (χ4v) is 3.85. The van der Waals surface area contributed by atoms with Gasteiger partial charge in [-0.15, -0.1) is 11.3 Å². The highest BCUT2D eigenvalue weighted by atomic mass is 35.5. The van der Waals surface area contributed by atoms with Gasteiger partial charge in [0, 0.05) is 12.6 Å². The van der Waals surface area contributed by atoms with Crippen LogP contribution in [0.25, 0.3) is 10.2 Å². The summed E-state index contributed by atoms with van der Waals surface area (Å²) in [7, 11) is 0. The maximum Gasteiger partial charge on any atom is 0.224 e. The minimum absolute atomic E-state index is 0.282. The number of hydrogen-bond acceptors (Lipinski definition) is 5. The number of aromatic nitrogens is 2. The molecule has 0 fully saturated rings. The van der Waals surface area contributed by atoms with Crippen LogP contribution in [-0.4, -0.2) is 16.0 Å². The number of halogens is 1. The van der Waals surface area contributed by atoms with E-state index in [2.05, 4.69) is 44.9 Å². The number of allylic oxidation sites excluding steroid dienone is 1. The number of thiophene rings is 1. The summed E-state index contributed by atoms with van der Waals surface area (Å²) in [6.07, 6.45) is 7.80. The topological polar surface area (TPSA) is 63.8 Å². The van der Waals surface area contributed by atoms with Gasteiger partial charge in [0.15, 0.2) is 0 Å². The molecule has 6 heteroatoms. The van der Waals surface area contributed by atoms with Gasteiger partial charge in [-0.3, -0.25) is 0 Å². The number of benzene rings is 1. The van der Waals surface area contributed by atoms with Gasteiger partial charge in [0.2, 0.25) is 5.28 Å². The molecule has 2 aromatic heterocycles. The summed E-state index contributed by atoms with van der Waals surface area (Å²) in [5, 5.41) is 5.69. The highest BCUT2D eigenvalue weighted by Gasteiger charge is 2.10. The van der Waals surface area contributed by atoms with Crippen molar-refractivity contribution in [1.82, 2.24) is 9.97 Å². The Bertz CT molecular complexity index is 878. The number of hydrogen-bond donors (Lipinski definition) is 2. The molecule has 0 spiro atoms. The Labute approximate surface area is 190 Å². The van der Waals surface area contributed by atoms with E-state index in [0.717, 1.165) is 34.6 Å². The number of nitrogens with zero attached hydrogens (tertiary/aromatic N) is 2. The third-order valence-electron chi connectivity index (χ3n) is 4.18. The monoisotopic (exact) mass is 446 g/mol. The molecule has 0 amide bonds. The molecule has 1 atom stereocenters. The van der Waals surface area contributed by atoms with Gasteiger partial charge in [-0.2, -0.15) is 4.98 Å². The van der Waals surface area contributed by atoms with E-state index in [-0.39, 0.29) is 5.28 Å². The molecule has 0 radical (unpaired) electrons. The lowest BCUT2D eigenvalue weighted by molar-refractivity contribution is 0.606. The summed E-state index contributed by atoms with van der Waals surface area (Å²) < 4.78 is 1.05. The van der Waals surface area contributed by atoms with Crippen LogP contribution in [0.2, 0.25) is 5.28 Å². The lowest BCUT2D eigenvalue weighted by Crippen LogP contribution is -2.19. The van der Waals surface area contributed by atoms with Gasteiger partial charge in [-0.1, -0.05) is 70.2 Å². The molecule has 30 heavy (non-hydrogen) atoms. The maximum absolute atomic E-state index is 5.98. The van der Waals surface area contributed by atoms with Crippen molar-refractivity contribution in [3.63, 3.8) is 0 Å². The van der Waals surface area contributed by atoms with E-state index in [1.54, 1.807) is 11.3 Å². The van der Waals surface area contributed by atoms with Gasteiger partial charge >= 0.3 is 0 Å². The molecule has 0 saturated heterocycles. The van der Waals surface area contributed by atoms with Crippen LogP contribution in [0.5, 0.6) is 0 Å². The fraction of sp³-hybridized carbons (Fsp3) is 0.417. The first-order valence-electron chi connectivity index (χ1n) is 10.7. The molecule has 3 N–H and O–H groups in total. The zero-order valence-corrected chi connectivity index (χ0v) is 20.4. The average molecular weight is 447 g/mol. The zero-order chi connectivity index (χ0) is 22.4. The number of nitrogens with two attached hydrogens (primary N) is 1. The summed E-state index contributed by atoms with van der Waals surface area (Å²) in [5.74, 6) is 0.803. The highest BCUT2D eigenvalue weighted by Crippen LogP contribution is 2.30. The lowest BCUT2D eigenvalue weighted by Gasteiger charge is -2.09. The van der Waals surface area contributed by atoms with E-state index >= 15 is 0 Å². The van der Waals surface area contributed by atoms with Crippen molar-refractivity contribution in [3.05, 3.63) is 64.3 Å². The number of fused-ring (bicyclic) bond motifs is 1. The Morgan fingerprint density at radius 2 is 1.80 bits per heavy atom. The third-order valence-corrected chi connectivity index (χ3v) is 5.44. The van der Waals surface area contributed by atoms with Gasteiger partial charge in [0.1, 0.15) is 5.82 Å². The minimum atomic E-state index is 0.282. The van der Waals surface area contributed by atoms with Gasteiger partial charge in [-0.25, -0.2) is 4.98 Å². The van der Waals surface area contributed by atoms with Gasteiger partial charge in [0.05, 0.1) is 10.2 Å². The first-order chi connectivity index (χ1) is 14.6. The van der Waals surface area contributed by atoms with Crippen LogP contribution < -0.4 is 11.1 Å². The molecule has 4 nitrogen and oxygen atoms in total. The zero-order valence-electron chi connectivity index (χ0n) is 18.8. The average Bonchev–Trinajstić information content (AvgIpc) is 3.17. The SMILES string of the molecule is CC.CC.Cc1csc2c(NCc3ccccc3)nc(Cl)nc12.NC1CC=CCC1. The third kappa shape index (κ3) is 8.42. The van der Waals surface area contributed by atoms with E-state index in [4.69, 9.17) is 17.3 Å². The standard InChI is InChI=1S/C14H12ClN3S.C6H11N.2C2H6/c1-9-8-19-12-11(9)17-14(15)18-13(12)16-7-10-5-3-2-4-6-10;7-6-4-2-1-3-5-6;2*1-2/h2-6,8H,7H2,1H3,(H,16,17,18);1-2,6H,3-5,7H2;2*1-2H3. The maximum atomic E-state index is 5.98. The normalized spacial score (nSPS) is 14.4. The van der Waals surface area contributed by atoms with Crippen LogP contribution in [-0.2, 0) is 6.54 Å². The number of anilines is 1. The number of nitrogens with one attached hydrogen (secondary N) is 1. The van der Waals surface area contributed by atoms with Crippen molar-refractivity contribution in [3.8, 4) is 0 Å². The molecule has 3 aromatic rings. The first-order valence-corrected chi connectivity index (χ1v) is 12.0. The predicted molar refractivity (Wildman–Crippen MR) is 135 cm³/mol. The Kier molecular flexibility index (Phi) is 13.0. The van der Waals surface area contributed by atoms with E-state index < -0.39 is 0 Å². The highest BCUT2D eigenvalue weighted by molar-refractivity contribution is 7.18. The molecule has 4 rings (SSSR count). The molecule has 0 saturated carbocycles. The van der Waals surface area contributed by atoms with Crippen molar-refractivity contribution in [2.45, 2.75) is 66.5 Å². The first kappa shape index (κ1) is 26.1. The van der Waals surface area contributed by atoms with Crippen molar-refractivity contribution in [1.29, 1.82) is 0 Å². The van der Waals surface area contributed by atoms with Crippen LogP contribution >= 0.6 is 22.9 Å². The summed E-state index contributed by atoms with van der Waals surface area (Å²) in [6.45, 7) is 10.8. The smallest absolute Gasteiger partial charge is 0.224 e. The minimum Gasteiger partial charge on any atom is -0.365 e. The Morgan fingerprint density at radius 1 is 1.10 bits per heavy atom. The fourth-order valence-electron chi connectivity index (χ4n) is 2.72. The van der Waals surface area contributed by atoms with Gasteiger partial charge in [-0.05, 0) is 54.3 Å². The van der Waals surface area contributed by atoms with Crippen molar-refractivity contribution < 1.29 is 0 Å². The van der Waals surface area contributed by atoms with Crippen LogP contribution in [0.15, 0.2) is 47.9 Å². The molecule has 1 unspecified atom stereocenters. The summed E-state index contributed by atoms with van der Waals surface area (Å²) >= 11 is 7.62. The molecule has 0 bridgehead atoms. The molecular formula is C24H35ClN4S. The van der Waals surface area contributed by atoms with Gasteiger partial charge in [0.25, 0.3) is 0 Å². The Hall–Kier alpha value is -1.95. The number of aryl methyl sites for hydroxylation is 1. The van der Waals surface area contributed by atoms with E-state index in [1.165, 1.54) is 18.4 Å². The van der Waals surface area contributed by atoms with Crippen molar-refractivity contribution in [2.24, 2.45) is 5.73 Å². The molecule has 1 aromatic carbocycles. The Morgan fingerprint density at radius 3 is 2.37 bits per heavy atom. The van der Waals surface area contributed by atoms with Crippen LogP contribution in [0.1, 0.15) is 58.1 Å². The van der Waals surface area contributed by atoms with Crippen LogP contribution in [0.4, 0.5) is 5.82 Å². The Balaban J connectivity index is 0.000000343. The van der Waals surface area contributed by atoms with Gasteiger partial charge < -0.3 is 11.1 Å². The summed E-state index contributed by atoms with van der Waals surface area (Å²) in [5.41, 5.74) is 8.85. The number of rotatable bonds is 3. The van der Waals surface area contributed by atoms with E-state index in [1.807, 2.05) is 52.8 Å². The quantitative estimate of drug-likeness (QED) is 0.325.